The maximum absolute atomic E-state index is 12.2. The minimum atomic E-state index is -0.429. The number of benzene rings is 1. The van der Waals surface area contributed by atoms with Gasteiger partial charge in [0.2, 0.25) is 5.91 Å². The Bertz CT molecular complexity index is 527. The van der Waals surface area contributed by atoms with Crippen LogP contribution in [0, 0.1) is 0 Å². The lowest BCUT2D eigenvalue weighted by atomic mass is 10.0. The van der Waals surface area contributed by atoms with Gasteiger partial charge in [-0.2, -0.15) is 11.8 Å². The number of carbonyl (C=O) groups is 1. The van der Waals surface area contributed by atoms with Crippen molar-refractivity contribution >= 4 is 30.1 Å². The molecule has 1 aliphatic heterocycles. The highest BCUT2D eigenvalue weighted by Gasteiger charge is 2.25. The summed E-state index contributed by atoms with van der Waals surface area (Å²) in [5.74, 6) is 1.69. The van der Waals surface area contributed by atoms with E-state index in [1.165, 1.54) is 18.4 Å². The average molecular weight is 388 g/mol. The lowest BCUT2D eigenvalue weighted by Gasteiger charge is -2.29. The number of likely N-dealkylation sites (tertiary alicyclic amines) is 1. The number of carbonyl (C=O) groups excluding carboxylic acids is 1. The van der Waals surface area contributed by atoms with Gasteiger partial charge in [0.15, 0.2) is 0 Å². The van der Waals surface area contributed by atoms with E-state index in [2.05, 4.69) is 22.3 Å². The minimum Gasteiger partial charge on any atom is -0.497 e. The fourth-order valence-corrected chi connectivity index (χ4v) is 3.55. The molecule has 142 valence electrons. The zero-order valence-electron chi connectivity index (χ0n) is 15.1. The van der Waals surface area contributed by atoms with Crippen molar-refractivity contribution in [1.29, 1.82) is 0 Å². The molecule has 5 nitrogen and oxygen atoms in total. The fraction of sp³-hybridized carbons (Fsp3) is 0.611. The highest BCUT2D eigenvalue weighted by Crippen LogP contribution is 2.27. The molecule has 0 radical (unpaired) electrons. The molecule has 2 rings (SSSR count). The molecule has 0 aliphatic carbocycles. The lowest BCUT2D eigenvalue weighted by Crippen LogP contribution is -2.44. The fourth-order valence-electron chi connectivity index (χ4n) is 3.06. The zero-order chi connectivity index (χ0) is 17.4. The minimum absolute atomic E-state index is 0. The number of halogens is 1. The molecule has 1 heterocycles. The number of rotatable bonds is 9. The molecule has 3 N–H and O–H groups in total. The van der Waals surface area contributed by atoms with Crippen LogP contribution in [-0.4, -0.2) is 55.6 Å². The van der Waals surface area contributed by atoms with Crippen molar-refractivity contribution in [3.05, 3.63) is 29.8 Å². The summed E-state index contributed by atoms with van der Waals surface area (Å²) in [6.45, 7) is 2.71. The summed E-state index contributed by atoms with van der Waals surface area (Å²) >= 11 is 1.71. The van der Waals surface area contributed by atoms with Crippen LogP contribution in [-0.2, 0) is 4.79 Å². The molecule has 2 unspecified atom stereocenters. The molecular weight excluding hydrogens is 358 g/mol. The van der Waals surface area contributed by atoms with E-state index in [-0.39, 0.29) is 24.4 Å². The SMILES string of the molecule is COc1cccc(C(CNC(=O)C(N)CCSC)N2CCCC2)c1.Cl. The molecule has 1 saturated heterocycles. The Morgan fingerprint density at radius 1 is 1.40 bits per heavy atom. The number of hydrogen-bond donors (Lipinski definition) is 2. The van der Waals surface area contributed by atoms with Gasteiger partial charge in [-0.05, 0) is 62.1 Å². The predicted molar refractivity (Wildman–Crippen MR) is 108 cm³/mol. The molecule has 25 heavy (non-hydrogen) atoms. The molecule has 0 saturated carbocycles. The number of nitrogens with two attached hydrogens (primary N) is 1. The van der Waals surface area contributed by atoms with Crippen LogP contribution >= 0.6 is 24.2 Å². The first-order valence-corrected chi connectivity index (χ1v) is 9.95. The van der Waals surface area contributed by atoms with Crippen LogP contribution in [0.2, 0.25) is 0 Å². The number of hydrogen-bond acceptors (Lipinski definition) is 5. The molecule has 0 aromatic heterocycles. The molecule has 1 amide bonds. The molecular formula is C18H30ClN3O2S. The number of methoxy groups -OCH3 is 1. The number of ether oxygens (including phenoxy) is 1. The van der Waals surface area contributed by atoms with Gasteiger partial charge < -0.3 is 15.8 Å². The number of nitrogens with zero attached hydrogens (tertiary/aromatic N) is 1. The van der Waals surface area contributed by atoms with Crippen LogP contribution < -0.4 is 15.8 Å². The number of amides is 1. The average Bonchev–Trinajstić information content (AvgIpc) is 3.14. The van der Waals surface area contributed by atoms with Gasteiger partial charge in [0.25, 0.3) is 0 Å². The van der Waals surface area contributed by atoms with Crippen molar-refractivity contribution in [3.63, 3.8) is 0 Å². The molecule has 1 aromatic rings. The first kappa shape index (κ1) is 22.1. The van der Waals surface area contributed by atoms with E-state index in [1.807, 2.05) is 18.4 Å². The van der Waals surface area contributed by atoms with Gasteiger partial charge in [0, 0.05) is 6.54 Å². The van der Waals surface area contributed by atoms with Gasteiger partial charge in [-0.3, -0.25) is 9.69 Å². The Hall–Kier alpha value is -0.950. The van der Waals surface area contributed by atoms with E-state index >= 15 is 0 Å². The van der Waals surface area contributed by atoms with Crippen molar-refractivity contribution in [3.8, 4) is 5.75 Å². The normalized spacial score (nSPS) is 16.8. The summed E-state index contributed by atoms with van der Waals surface area (Å²) < 4.78 is 5.35. The second kappa shape index (κ2) is 11.6. The molecule has 1 fully saturated rings. The highest BCUT2D eigenvalue weighted by atomic mass is 35.5. The second-order valence-electron chi connectivity index (χ2n) is 6.17. The maximum atomic E-state index is 12.2. The van der Waals surface area contributed by atoms with E-state index in [0.717, 1.165) is 24.6 Å². The third kappa shape index (κ3) is 6.70. The molecule has 1 aromatic carbocycles. The monoisotopic (exact) mass is 387 g/mol. The zero-order valence-corrected chi connectivity index (χ0v) is 16.7. The first-order valence-electron chi connectivity index (χ1n) is 8.56. The summed E-state index contributed by atoms with van der Waals surface area (Å²) in [6, 6.07) is 7.85. The summed E-state index contributed by atoms with van der Waals surface area (Å²) in [5, 5.41) is 3.05. The van der Waals surface area contributed by atoms with E-state index in [9.17, 15) is 4.79 Å². The van der Waals surface area contributed by atoms with E-state index in [1.54, 1.807) is 18.9 Å². The van der Waals surface area contributed by atoms with Crippen LogP contribution in [0.5, 0.6) is 5.75 Å². The smallest absolute Gasteiger partial charge is 0.237 e. The van der Waals surface area contributed by atoms with Crippen LogP contribution in [0.15, 0.2) is 24.3 Å². The van der Waals surface area contributed by atoms with Gasteiger partial charge in [-0.1, -0.05) is 12.1 Å². The topological polar surface area (TPSA) is 67.6 Å². The third-order valence-corrected chi connectivity index (χ3v) is 5.14. The third-order valence-electron chi connectivity index (χ3n) is 4.50. The Labute approximate surface area is 161 Å². The van der Waals surface area contributed by atoms with E-state index in [4.69, 9.17) is 10.5 Å². The van der Waals surface area contributed by atoms with Crippen LogP contribution in [0.1, 0.15) is 30.9 Å². The Balaban J connectivity index is 0.00000312. The standard InChI is InChI=1S/C18H29N3O2S.ClH/c1-23-15-7-5-6-14(12-15)17(21-9-3-4-10-21)13-20-18(22)16(19)8-11-24-2;/h5-7,12,16-17H,3-4,8-11,13,19H2,1-2H3,(H,20,22);1H. The molecule has 1 aliphatic rings. The largest absolute Gasteiger partial charge is 0.497 e. The summed E-state index contributed by atoms with van der Waals surface area (Å²) in [6.07, 6.45) is 5.15. The van der Waals surface area contributed by atoms with Crippen molar-refractivity contribution < 1.29 is 9.53 Å². The highest BCUT2D eigenvalue weighted by molar-refractivity contribution is 7.98. The van der Waals surface area contributed by atoms with Crippen molar-refractivity contribution in [2.24, 2.45) is 5.73 Å². The molecule has 2 atom stereocenters. The second-order valence-corrected chi connectivity index (χ2v) is 7.15. The van der Waals surface area contributed by atoms with Crippen LogP contribution in [0.3, 0.4) is 0 Å². The summed E-state index contributed by atoms with van der Waals surface area (Å²) in [5.41, 5.74) is 7.14. The molecule has 0 spiro atoms. The number of thioether (sulfide) groups is 1. The van der Waals surface area contributed by atoms with E-state index < -0.39 is 6.04 Å². The van der Waals surface area contributed by atoms with Crippen LogP contribution in [0.25, 0.3) is 0 Å². The van der Waals surface area contributed by atoms with Gasteiger partial charge in [0.05, 0.1) is 19.2 Å². The molecule has 0 bridgehead atoms. The number of nitrogens with one attached hydrogen (secondary N) is 1. The Kier molecular flexibility index (Phi) is 10.3. The van der Waals surface area contributed by atoms with Gasteiger partial charge in [-0.25, -0.2) is 0 Å². The van der Waals surface area contributed by atoms with Crippen molar-refractivity contribution in [2.75, 3.05) is 38.8 Å². The Morgan fingerprint density at radius 2 is 2.12 bits per heavy atom. The maximum Gasteiger partial charge on any atom is 0.237 e. The summed E-state index contributed by atoms with van der Waals surface area (Å²) in [7, 11) is 1.68. The predicted octanol–water partition coefficient (Wildman–Crippen LogP) is 2.45. The lowest BCUT2D eigenvalue weighted by molar-refractivity contribution is -0.122. The van der Waals surface area contributed by atoms with E-state index in [0.29, 0.717) is 13.0 Å². The quantitative estimate of drug-likeness (QED) is 0.681. The van der Waals surface area contributed by atoms with Gasteiger partial charge in [0.1, 0.15) is 5.75 Å². The van der Waals surface area contributed by atoms with Gasteiger partial charge in [-0.15, -0.1) is 12.4 Å². The first-order chi connectivity index (χ1) is 11.7. The summed E-state index contributed by atoms with van der Waals surface area (Å²) in [4.78, 5) is 14.7. The van der Waals surface area contributed by atoms with Crippen LogP contribution in [0.4, 0.5) is 0 Å². The molecule has 7 heteroatoms. The van der Waals surface area contributed by atoms with Gasteiger partial charge >= 0.3 is 0 Å². The van der Waals surface area contributed by atoms with Crippen molar-refractivity contribution in [1.82, 2.24) is 10.2 Å². The van der Waals surface area contributed by atoms with Crippen molar-refractivity contribution in [2.45, 2.75) is 31.3 Å². The Morgan fingerprint density at radius 3 is 2.76 bits per heavy atom.